The van der Waals surface area contributed by atoms with Gasteiger partial charge in [-0.05, 0) is 43.7 Å². The lowest BCUT2D eigenvalue weighted by Gasteiger charge is -2.30. The fourth-order valence-corrected chi connectivity index (χ4v) is 1.82. The highest BCUT2D eigenvalue weighted by molar-refractivity contribution is 4.89. The molecule has 1 N–H and O–H groups in total. The van der Waals surface area contributed by atoms with E-state index >= 15 is 0 Å². The molecule has 0 saturated carbocycles. The van der Waals surface area contributed by atoms with Gasteiger partial charge in [0.05, 0.1) is 0 Å². The minimum Gasteiger partial charge on any atom is -0.317 e. The van der Waals surface area contributed by atoms with Gasteiger partial charge in [0.15, 0.2) is 0 Å². The molecule has 0 aromatic heterocycles. The zero-order valence-corrected chi connectivity index (χ0v) is 7.98. The van der Waals surface area contributed by atoms with Crippen LogP contribution >= 0.6 is 0 Å². The van der Waals surface area contributed by atoms with Crippen molar-refractivity contribution in [2.24, 2.45) is 11.8 Å². The lowest BCUT2D eigenvalue weighted by atomic mass is 9.80. The molecule has 0 aromatic rings. The van der Waals surface area contributed by atoms with E-state index in [1.165, 1.54) is 25.9 Å². The topological polar surface area (TPSA) is 12.0 Å². The normalized spacial score (nSPS) is 24.0. The lowest BCUT2D eigenvalue weighted by molar-refractivity contribution is 0.285. The van der Waals surface area contributed by atoms with Gasteiger partial charge in [-0.15, -0.1) is 0 Å². The zero-order valence-electron chi connectivity index (χ0n) is 7.98. The van der Waals surface area contributed by atoms with Gasteiger partial charge in [-0.25, -0.2) is 0 Å². The molecule has 0 aromatic carbocycles. The summed E-state index contributed by atoms with van der Waals surface area (Å²) in [6.45, 7) is 9.33. The van der Waals surface area contributed by atoms with E-state index in [1.54, 1.807) is 5.92 Å². The van der Waals surface area contributed by atoms with E-state index in [2.05, 4.69) is 26.1 Å². The van der Waals surface area contributed by atoms with Crippen molar-refractivity contribution in [1.82, 2.24) is 5.32 Å². The van der Waals surface area contributed by atoms with E-state index < -0.39 is 0 Å². The van der Waals surface area contributed by atoms with Crippen molar-refractivity contribution in [1.29, 1.82) is 0 Å². The average molecular weight is 154 g/mol. The first-order valence-electron chi connectivity index (χ1n) is 4.72. The van der Waals surface area contributed by atoms with Crippen LogP contribution in [-0.2, 0) is 0 Å². The standard InChI is InChI=1S/C10H20N/c1-8(2)9(3)10-4-6-11-7-5-10/h9-11H,4-7H2,1-3H3. The summed E-state index contributed by atoms with van der Waals surface area (Å²) in [6, 6.07) is 0. The third-order valence-electron chi connectivity index (χ3n) is 3.00. The Balaban J connectivity index is 2.32. The predicted octanol–water partition coefficient (Wildman–Crippen LogP) is 2.24. The van der Waals surface area contributed by atoms with Crippen LogP contribution in [-0.4, -0.2) is 13.1 Å². The number of rotatable bonds is 2. The fraction of sp³-hybridized carbons (Fsp3) is 0.900. The van der Waals surface area contributed by atoms with E-state index in [-0.39, 0.29) is 0 Å². The van der Waals surface area contributed by atoms with Crippen LogP contribution in [0.4, 0.5) is 0 Å². The number of nitrogens with one attached hydrogen (secondary N) is 1. The van der Waals surface area contributed by atoms with Gasteiger partial charge in [-0.2, -0.15) is 0 Å². The highest BCUT2D eigenvalue weighted by atomic mass is 14.9. The van der Waals surface area contributed by atoms with Gasteiger partial charge < -0.3 is 5.32 Å². The molecule has 1 unspecified atom stereocenters. The summed E-state index contributed by atoms with van der Waals surface area (Å²) >= 11 is 0. The number of hydrogen-bond donors (Lipinski definition) is 1. The van der Waals surface area contributed by atoms with E-state index in [0.29, 0.717) is 0 Å². The minimum absolute atomic E-state index is 0.831. The van der Waals surface area contributed by atoms with Crippen LogP contribution in [0.5, 0.6) is 0 Å². The van der Waals surface area contributed by atoms with Crippen molar-refractivity contribution in [3.05, 3.63) is 5.92 Å². The average Bonchev–Trinajstić information content (AvgIpc) is 2.05. The molecule has 1 rings (SSSR count). The highest BCUT2D eigenvalue weighted by Gasteiger charge is 2.21. The Morgan fingerprint density at radius 3 is 2.27 bits per heavy atom. The van der Waals surface area contributed by atoms with Crippen LogP contribution in [0.25, 0.3) is 0 Å². The molecule has 1 heterocycles. The Kier molecular flexibility index (Phi) is 3.38. The first-order valence-corrected chi connectivity index (χ1v) is 4.72. The maximum Gasteiger partial charge on any atom is -0.00462 e. The van der Waals surface area contributed by atoms with Gasteiger partial charge in [0, 0.05) is 0 Å². The molecule has 1 heteroatoms. The van der Waals surface area contributed by atoms with Crippen LogP contribution in [0, 0.1) is 17.8 Å². The molecular weight excluding hydrogens is 134 g/mol. The molecule has 0 bridgehead atoms. The molecule has 11 heavy (non-hydrogen) atoms. The molecular formula is C10H20N. The molecule has 1 nitrogen and oxygen atoms in total. The molecule has 1 aliphatic heterocycles. The second-order valence-corrected chi connectivity index (χ2v) is 3.95. The SMILES string of the molecule is C[C](C)C(C)C1CCNCC1. The Labute approximate surface area is 70.6 Å². The molecule has 1 atom stereocenters. The monoisotopic (exact) mass is 154 g/mol. The van der Waals surface area contributed by atoms with Crippen molar-refractivity contribution >= 4 is 0 Å². The van der Waals surface area contributed by atoms with Crippen LogP contribution in [0.15, 0.2) is 0 Å². The molecule has 1 radical (unpaired) electrons. The second kappa shape index (κ2) is 4.10. The highest BCUT2D eigenvalue weighted by Crippen LogP contribution is 2.28. The van der Waals surface area contributed by atoms with Gasteiger partial charge in [0.25, 0.3) is 0 Å². The Morgan fingerprint density at radius 1 is 1.27 bits per heavy atom. The molecule has 1 saturated heterocycles. The minimum atomic E-state index is 0.831. The summed E-state index contributed by atoms with van der Waals surface area (Å²) in [5, 5.41) is 3.40. The zero-order chi connectivity index (χ0) is 8.27. The quantitative estimate of drug-likeness (QED) is 0.643. The lowest BCUT2D eigenvalue weighted by Crippen LogP contribution is -2.31. The smallest absolute Gasteiger partial charge is 0.00462 e. The largest absolute Gasteiger partial charge is 0.317 e. The molecule has 1 fully saturated rings. The summed E-state index contributed by atoms with van der Waals surface area (Å²) in [6.07, 6.45) is 2.73. The van der Waals surface area contributed by atoms with Crippen molar-refractivity contribution < 1.29 is 0 Å². The molecule has 0 aliphatic carbocycles. The first-order chi connectivity index (χ1) is 5.22. The van der Waals surface area contributed by atoms with Crippen molar-refractivity contribution in [2.75, 3.05) is 13.1 Å². The molecule has 0 spiro atoms. The van der Waals surface area contributed by atoms with E-state index in [9.17, 15) is 0 Å². The summed E-state index contributed by atoms with van der Waals surface area (Å²) in [5.41, 5.74) is 0. The van der Waals surface area contributed by atoms with Crippen molar-refractivity contribution in [3.8, 4) is 0 Å². The van der Waals surface area contributed by atoms with Gasteiger partial charge in [0.1, 0.15) is 0 Å². The van der Waals surface area contributed by atoms with Crippen LogP contribution in [0.1, 0.15) is 33.6 Å². The third kappa shape index (κ3) is 2.48. The Hall–Kier alpha value is -0.0400. The van der Waals surface area contributed by atoms with Crippen molar-refractivity contribution in [2.45, 2.75) is 33.6 Å². The fourth-order valence-electron chi connectivity index (χ4n) is 1.82. The van der Waals surface area contributed by atoms with Crippen LogP contribution in [0.2, 0.25) is 0 Å². The second-order valence-electron chi connectivity index (χ2n) is 3.95. The summed E-state index contributed by atoms with van der Waals surface area (Å²) < 4.78 is 0. The number of piperidine rings is 1. The van der Waals surface area contributed by atoms with Crippen molar-refractivity contribution in [3.63, 3.8) is 0 Å². The van der Waals surface area contributed by atoms with Crippen LogP contribution < -0.4 is 5.32 Å². The van der Waals surface area contributed by atoms with E-state index in [0.717, 1.165) is 11.8 Å². The maximum absolute atomic E-state index is 3.40. The number of hydrogen-bond acceptors (Lipinski definition) is 1. The molecule has 65 valence electrons. The van der Waals surface area contributed by atoms with Crippen LogP contribution in [0.3, 0.4) is 0 Å². The molecule has 0 amide bonds. The van der Waals surface area contributed by atoms with E-state index in [4.69, 9.17) is 0 Å². The maximum atomic E-state index is 3.40. The Bertz CT molecular complexity index is 103. The van der Waals surface area contributed by atoms with Gasteiger partial charge >= 0.3 is 0 Å². The van der Waals surface area contributed by atoms with Gasteiger partial charge in [-0.3, -0.25) is 0 Å². The first kappa shape index (κ1) is 9.05. The molecule has 1 aliphatic rings. The van der Waals surface area contributed by atoms with Gasteiger partial charge in [-0.1, -0.05) is 20.8 Å². The Morgan fingerprint density at radius 2 is 1.82 bits per heavy atom. The third-order valence-corrected chi connectivity index (χ3v) is 3.00. The summed E-state index contributed by atoms with van der Waals surface area (Å²) in [5.74, 6) is 3.37. The van der Waals surface area contributed by atoms with Gasteiger partial charge in [0.2, 0.25) is 0 Å². The summed E-state index contributed by atoms with van der Waals surface area (Å²) in [7, 11) is 0. The summed E-state index contributed by atoms with van der Waals surface area (Å²) in [4.78, 5) is 0. The van der Waals surface area contributed by atoms with E-state index in [1.807, 2.05) is 0 Å². The predicted molar refractivity (Wildman–Crippen MR) is 49.3 cm³/mol.